The summed E-state index contributed by atoms with van der Waals surface area (Å²) in [7, 11) is -3.85. The Morgan fingerprint density at radius 1 is 1.04 bits per heavy atom. The van der Waals surface area contributed by atoms with Crippen molar-refractivity contribution in [2.45, 2.75) is 44.6 Å². The van der Waals surface area contributed by atoms with E-state index >= 15 is 0 Å². The van der Waals surface area contributed by atoms with Gasteiger partial charge in [0.2, 0.25) is 5.91 Å². The van der Waals surface area contributed by atoms with Crippen molar-refractivity contribution in [1.29, 1.82) is 0 Å². The molecule has 1 amide bonds. The summed E-state index contributed by atoms with van der Waals surface area (Å²) in [5.41, 5.74) is 1.42. The topological polar surface area (TPSA) is 66.5 Å². The zero-order valence-electron chi connectivity index (χ0n) is 15.5. The Labute approximate surface area is 156 Å². The van der Waals surface area contributed by atoms with Crippen LogP contribution in [0.4, 0.5) is 5.69 Å². The zero-order valence-corrected chi connectivity index (χ0v) is 16.3. The van der Waals surface area contributed by atoms with E-state index in [2.05, 4.69) is 5.32 Å². The average molecular weight is 375 g/mol. The van der Waals surface area contributed by atoms with Crippen molar-refractivity contribution in [2.24, 2.45) is 0 Å². The van der Waals surface area contributed by atoms with Crippen molar-refractivity contribution in [3.8, 4) is 0 Å². The highest BCUT2D eigenvalue weighted by Gasteiger charge is 2.28. The Hall–Kier alpha value is -2.34. The summed E-state index contributed by atoms with van der Waals surface area (Å²) in [6.07, 6.45) is 1.45. The fraction of sp³-hybridized carbons (Fsp3) is 0.350. The van der Waals surface area contributed by atoms with Crippen LogP contribution in [-0.4, -0.2) is 26.9 Å². The maximum Gasteiger partial charge on any atom is 0.264 e. The molecule has 2 aromatic rings. The minimum Gasteiger partial charge on any atom is -0.352 e. The average Bonchev–Trinajstić information content (AvgIpc) is 2.66. The number of benzene rings is 2. The van der Waals surface area contributed by atoms with Gasteiger partial charge in [-0.3, -0.25) is 9.10 Å². The number of nitrogens with zero attached hydrogens (tertiary/aromatic N) is 1. The van der Waals surface area contributed by atoms with E-state index in [1.54, 1.807) is 42.5 Å². The largest absolute Gasteiger partial charge is 0.352 e. The molecule has 1 N–H and O–H groups in total. The van der Waals surface area contributed by atoms with Crippen LogP contribution in [0.5, 0.6) is 0 Å². The summed E-state index contributed by atoms with van der Waals surface area (Å²) in [4.78, 5) is 12.6. The van der Waals surface area contributed by atoms with Crippen LogP contribution in [0.1, 0.15) is 32.8 Å². The summed E-state index contributed by atoms with van der Waals surface area (Å²) < 4.78 is 27.7. The van der Waals surface area contributed by atoms with Gasteiger partial charge in [-0.25, -0.2) is 8.42 Å². The molecule has 2 aromatic carbocycles. The molecule has 0 aliphatic carbocycles. The number of carbonyl (C=O) groups is 1. The van der Waals surface area contributed by atoms with Gasteiger partial charge in [-0.15, -0.1) is 0 Å². The number of para-hydroxylation sites is 1. The molecule has 5 nitrogen and oxygen atoms in total. The van der Waals surface area contributed by atoms with Gasteiger partial charge in [-0.05, 0) is 43.5 Å². The van der Waals surface area contributed by atoms with Crippen LogP contribution in [0.3, 0.4) is 0 Å². The van der Waals surface area contributed by atoms with Crippen molar-refractivity contribution >= 4 is 21.6 Å². The molecule has 2 rings (SSSR count). The van der Waals surface area contributed by atoms with Gasteiger partial charge >= 0.3 is 0 Å². The molecular weight excluding hydrogens is 348 g/mol. The molecule has 0 aromatic heterocycles. The van der Waals surface area contributed by atoms with Gasteiger partial charge in [0, 0.05) is 6.04 Å². The second-order valence-corrected chi connectivity index (χ2v) is 8.05. The fourth-order valence-corrected chi connectivity index (χ4v) is 4.11. The smallest absolute Gasteiger partial charge is 0.264 e. The van der Waals surface area contributed by atoms with E-state index in [4.69, 9.17) is 0 Å². The summed E-state index contributed by atoms with van der Waals surface area (Å²) in [6.45, 7) is 5.58. The lowest BCUT2D eigenvalue weighted by Crippen LogP contribution is -2.43. The Balaban J connectivity index is 2.47. The molecule has 26 heavy (non-hydrogen) atoms. The molecule has 0 radical (unpaired) electrons. The minimum absolute atomic E-state index is 0.00908. The number of sulfonamides is 1. The predicted octanol–water partition coefficient (Wildman–Crippen LogP) is 3.36. The van der Waals surface area contributed by atoms with Crippen LogP contribution >= 0.6 is 0 Å². The third-order valence-electron chi connectivity index (χ3n) is 4.28. The normalized spacial score (nSPS) is 12.4. The Morgan fingerprint density at radius 2 is 1.65 bits per heavy atom. The predicted molar refractivity (Wildman–Crippen MR) is 105 cm³/mol. The SMILES string of the molecule is CCc1ccccc1N(CC(=O)N[C@H](C)CC)S(=O)(=O)c1ccccc1. The summed E-state index contributed by atoms with van der Waals surface area (Å²) in [5.74, 6) is -0.315. The monoisotopic (exact) mass is 374 g/mol. The van der Waals surface area contributed by atoms with Crippen LogP contribution in [0, 0.1) is 0 Å². The van der Waals surface area contributed by atoms with Gasteiger partial charge < -0.3 is 5.32 Å². The van der Waals surface area contributed by atoms with Crippen LogP contribution in [0.15, 0.2) is 59.5 Å². The number of carbonyl (C=O) groups excluding carboxylic acids is 1. The van der Waals surface area contributed by atoms with E-state index in [1.807, 2.05) is 32.9 Å². The Bertz CT molecular complexity index is 835. The van der Waals surface area contributed by atoms with Gasteiger partial charge in [0.15, 0.2) is 0 Å². The molecule has 0 unspecified atom stereocenters. The first kappa shape index (κ1) is 20.0. The lowest BCUT2D eigenvalue weighted by Gasteiger charge is -2.26. The van der Waals surface area contributed by atoms with Crippen LogP contribution < -0.4 is 9.62 Å². The number of amides is 1. The number of nitrogens with one attached hydrogen (secondary N) is 1. The van der Waals surface area contributed by atoms with Gasteiger partial charge in [0.25, 0.3) is 10.0 Å². The van der Waals surface area contributed by atoms with E-state index < -0.39 is 10.0 Å². The quantitative estimate of drug-likeness (QED) is 0.770. The minimum atomic E-state index is -3.85. The van der Waals surface area contributed by atoms with Crippen molar-refractivity contribution in [3.63, 3.8) is 0 Å². The molecule has 0 saturated heterocycles. The van der Waals surface area contributed by atoms with E-state index in [0.717, 1.165) is 12.0 Å². The molecule has 1 atom stereocenters. The molecule has 0 aliphatic heterocycles. The summed E-state index contributed by atoms with van der Waals surface area (Å²) in [5, 5.41) is 2.85. The molecule has 0 heterocycles. The second kappa shape index (κ2) is 8.85. The molecule has 0 bridgehead atoms. The molecular formula is C20H26N2O3S. The number of hydrogen-bond donors (Lipinski definition) is 1. The second-order valence-electron chi connectivity index (χ2n) is 6.18. The fourth-order valence-electron chi connectivity index (χ4n) is 2.63. The van der Waals surface area contributed by atoms with E-state index in [1.165, 1.54) is 4.31 Å². The highest BCUT2D eigenvalue weighted by Crippen LogP contribution is 2.27. The first-order valence-corrected chi connectivity index (χ1v) is 10.3. The highest BCUT2D eigenvalue weighted by molar-refractivity contribution is 7.92. The number of anilines is 1. The lowest BCUT2D eigenvalue weighted by atomic mass is 10.1. The maximum atomic E-state index is 13.2. The van der Waals surface area contributed by atoms with Crippen molar-refractivity contribution in [1.82, 2.24) is 5.32 Å². The van der Waals surface area contributed by atoms with E-state index in [-0.39, 0.29) is 23.4 Å². The molecule has 0 fully saturated rings. The first-order chi connectivity index (χ1) is 12.4. The van der Waals surface area contributed by atoms with Gasteiger partial charge in [0.05, 0.1) is 10.6 Å². The van der Waals surface area contributed by atoms with Crippen LogP contribution in [-0.2, 0) is 21.2 Å². The zero-order chi connectivity index (χ0) is 19.2. The van der Waals surface area contributed by atoms with Crippen LogP contribution in [0.2, 0.25) is 0 Å². The van der Waals surface area contributed by atoms with Crippen molar-refractivity contribution in [3.05, 3.63) is 60.2 Å². The van der Waals surface area contributed by atoms with Crippen molar-refractivity contribution in [2.75, 3.05) is 10.8 Å². The van der Waals surface area contributed by atoms with E-state index in [9.17, 15) is 13.2 Å². The first-order valence-electron chi connectivity index (χ1n) is 8.85. The standard InChI is InChI=1S/C20H26N2O3S/c1-4-16(3)21-20(23)15-22(19-14-10-9-11-17(19)5-2)26(24,25)18-12-7-6-8-13-18/h6-14,16H,4-5,15H2,1-3H3,(H,21,23)/t16-/m1/s1. The van der Waals surface area contributed by atoms with Gasteiger partial charge in [-0.2, -0.15) is 0 Å². The molecule has 0 saturated carbocycles. The lowest BCUT2D eigenvalue weighted by molar-refractivity contribution is -0.120. The maximum absolute atomic E-state index is 13.2. The third kappa shape index (κ3) is 4.64. The molecule has 140 valence electrons. The van der Waals surface area contributed by atoms with Gasteiger partial charge in [-0.1, -0.05) is 50.2 Å². The summed E-state index contributed by atoms with van der Waals surface area (Å²) in [6, 6.07) is 15.5. The molecule has 6 heteroatoms. The Morgan fingerprint density at radius 3 is 2.27 bits per heavy atom. The van der Waals surface area contributed by atoms with E-state index in [0.29, 0.717) is 12.1 Å². The Kier molecular flexibility index (Phi) is 6.80. The van der Waals surface area contributed by atoms with Crippen molar-refractivity contribution < 1.29 is 13.2 Å². The number of rotatable bonds is 8. The van der Waals surface area contributed by atoms with Crippen LogP contribution in [0.25, 0.3) is 0 Å². The summed E-state index contributed by atoms with van der Waals surface area (Å²) >= 11 is 0. The highest BCUT2D eigenvalue weighted by atomic mass is 32.2. The number of aryl methyl sites for hydroxylation is 1. The molecule has 0 spiro atoms. The van der Waals surface area contributed by atoms with Gasteiger partial charge in [0.1, 0.15) is 6.54 Å². The third-order valence-corrected chi connectivity index (χ3v) is 6.05. The molecule has 0 aliphatic rings. The number of hydrogen-bond acceptors (Lipinski definition) is 3.